The van der Waals surface area contributed by atoms with Gasteiger partial charge in [0.25, 0.3) is 11.6 Å². The van der Waals surface area contributed by atoms with Gasteiger partial charge in [-0.25, -0.2) is 4.79 Å². The summed E-state index contributed by atoms with van der Waals surface area (Å²) in [6, 6.07) is 3.62. The number of aryl methyl sites for hydroxylation is 1. The average molecular weight is 298 g/mol. The van der Waals surface area contributed by atoms with Crippen molar-refractivity contribution in [1.29, 1.82) is 0 Å². The van der Waals surface area contributed by atoms with Gasteiger partial charge in [-0.1, -0.05) is 11.6 Å². The molecule has 1 aromatic carbocycles. The molecule has 0 radical (unpaired) electrons. The van der Waals surface area contributed by atoms with Crippen molar-refractivity contribution in [3.8, 4) is 0 Å². The zero-order valence-electron chi connectivity index (χ0n) is 10.2. The molecule has 2 aromatic rings. The first kappa shape index (κ1) is 13.9. The number of benzene rings is 1. The van der Waals surface area contributed by atoms with Crippen LogP contribution in [0.15, 0.2) is 22.6 Å². The lowest BCUT2D eigenvalue weighted by atomic mass is 10.2. The van der Waals surface area contributed by atoms with Crippen molar-refractivity contribution in [1.82, 2.24) is 10.2 Å². The van der Waals surface area contributed by atoms with E-state index in [1.807, 2.05) is 0 Å². The summed E-state index contributed by atoms with van der Waals surface area (Å²) in [5, 5.41) is 18.2. The molecule has 0 aliphatic heterocycles. The van der Waals surface area contributed by atoms with Crippen LogP contribution < -0.4 is 0 Å². The van der Waals surface area contributed by atoms with Crippen molar-refractivity contribution in [2.75, 3.05) is 0 Å². The molecule has 0 aliphatic rings. The predicted octanol–water partition coefficient (Wildman–Crippen LogP) is 2.30. The van der Waals surface area contributed by atoms with Crippen LogP contribution in [0.4, 0.5) is 5.69 Å². The summed E-state index contributed by atoms with van der Waals surface area (Å²) in [5.74, 6) is -0.472. The Morgan fingerprint density at radius 1 is 1.50 bits per heavy atom. The maximum absolute atomic E-state index is 11.8. The first-order chi connectivity index (χ1) is 9.47. The summed E-state index contributed by atoms with van der Waals surface area (Å²) in [6.45, 7) is 1.31. The summed E-state index contributed by atoms with van der Waals surface area (Å²) in [5.41, 5.74) is -0.625. The highest BCUT2D eigenvalue weighted by Crippen LogP contribution is 2.23. The van der Waals surface area contributed by atoms with Gasteiger partial charge in [0.2, 0.25) is 5.89 Å². The van der Waals surface area contributed by atoms with Crippen LogP contribution in [0.25, 0.3) is 0 Å². The molecule has 1 aromatic heterocycles. The van der Waals surface area contributed by atoms with Crippen molar-refractivity contribution < 1.29 is 18.9 Å². The standard InChI is InChI=1S/C11H8ClN3O5/c1-6-13-14-10(20-6)5-19-11(16)8-4-7(12)2-3-9(8)15(17)18/h2-4H,5H2,1H3. The number of carbonyl (C=O) groups is 1. The summed E-state index contributed by atoms with van der Waals surface area (Å²) < 4.78 is 9.89. The number of nitro benzene ring substituents is 1. The van der Waals surface area contributed by atoms with Gasteiger partial charge in [-0.15, -0.1) is 10.2 Å². The number of halogens is 1. The molecule has 0 saturated heterocycles. The average Bonchev–Trinajstić information content (AvgIpc) is 2.81. The molecule has 8 nitrogen and oxygen atoms in total. The minimum absolute atomic E-state index is 0.0977. The number of rotatable bonds is 4. The summed E-state index contributed by atoms with van der Waals surface area (Å²) in [4.78, 5) is 22.0. The van der Waals surface area contributed by atoms with Gasteiger partial charge in [0.15, 0.2) is 6.61 Å². The van der Waals surface area contributed by atoms with Gasteiger partial charge < -0.3 is 9.15 Å². The normalized spacial score (nSPS) is 10.3. The lowest BCUT2D eigenvalue weighted by Gasteiger charge is -2.03. The van der Waals surface area contributed by atoms with Gasteiger partial charge in [-0.3, -0.25) is 10.1 Å². The zero-order chi connectivity index (χ0) is 14.7. The Morgan fingerprint density at radius 3 is 2.85 bits per heavy atom. The molecule has 0 amide bonds. The molecular formula is C11H8ClN3O5. The van der Waals surface area contributed by atoms with E-state index in [0.717, 1.165) is 6.07 Å². The second kappa shape index (κ2) is 5.66. The summed E-state index contributed by atoms with van der Waals surface area (Å²) in [7, 11) is 0. The van der Waals surface area contributed by atoms with Gasteiger partial charge in [0.1, 0.15) is 5.56 Å². The second-order valence-electron chi connectivity index (χ2n) is 3.71. The Hall–Kier alpha value is -2.48. The van der Waals surface area contributed by atoms with Crippen molar-refractivity contribution in [3.63, 3.8) is 0 Å². The van der Waals surface area contributed by atoms with E-state index >= 15 is 0 Å². The first-order valence-corrected chi connectivity index (χ1v) is 5.75. The number of esters is 1. The fourth-order valence-corrected chi connectivity index (χ4v) is 1.60. The molecule has 0 atom stereocenters. The van der Waals surface area contributed by atoms with Gasteiger partial charge in [0, 0.05) is 18.0 Å². The van der Waals surface area contributed by atoms with Crippen LogP contribution in [0.5, 0.6) is 0 Å². The minimum atomic E-state index is -0.893. The van der Waals surface area contributed by atoms with Crippen LogP contribution in [0, 0.1) is 17.0 Å². The lowest BCUT2D eigenvalue weighted by molar-refractivity contribution is -0.385. The quantitative estimate of drug-likeness (QED) is 0.484. The fraction of sp³-hybridized carbons (Fsp3) is 0.182. The highest BCUT2D eigenvalue weighted by atomic mass is 35.5. The molecule has 0 aliphatic carbocycles. The number of ether oxygens (including phenoxy) is 1. The lowest BCUT2D eigenvalue weighted by Crippen LogP contribution is -2.08. The Labute approximate surface area is 117 Å². The Morgan fingerprint density at radius 2 is 2.25 bits per heavy atom. The van der Waals surface area contributed by atoms with Crippen LogP contribution in [0.3, 0.4) is 0 Å². The van der Waals surface area contributed by atoms with E-state index in [1.165, 1.54) is 12.1 Å². The van der Waals surface area contributed by atoms with Crippen molar-refractivity contribution >= 4 is 23.3 Å². The molecule has 1 heterocycles. The zero-order valence-corrected chi connectivity index (χ0v) is 11.0. The van der Waals surface area contributed by atoms with E-state index in [9.17, 15) is 14.9 Å². The molecule has 0 bridgehead atoms. The van der Waals surface area contributed by atoms with Crippen molar-refractivity contribution in [3.05, 3.63) is 50.7 Å². The van der Waals surface area contributed by atoms with Crippen LogP contribution in [-0.2, 0) is 11.3 Å². The maximum Gasteiger partial charge on any atom is 0.345 e. The maximum atomic E-state index is 11.8. The predicted molar refractivity (Wildman–Crippen MR) is 66.3 cm³/mol. The molecule has 104 valence electrons. The number of nitrogens with zero attached hydrogens (tertiary/aromatic N) is 3. The molecule has 0 spiro atoms. The molecule has 20 heavy (non-hydrogen) atoms. The van der Waals surface area contributed by atoms with Gasteiger partial charge >= 0.3 is 5.97 Å². The van der Waals surface area contributed by atoms with Gasteiger partial charge in [-0.2, -0.15) is 0 Å². The Bertz CT molecular complexity index is 670. The fourth-order valence-electron chi connectivity index (χ4n) is 1.43. The third-order valence-corrected chi connectivity index (χ3v) is 2.50. The van der Waals surface area contributed by atoms with Gasteiger partial charge in [-0.05, 0) is 12.1 Å². The van der Waals surface area contributed by atoms with Crippen molar-refractivity contribution in [2.24, 2.45) is 0 Å². The number of aromatic nitrogens is 2. The van der Waals surface area contributed by atoms with Crippen LogP contribution in [-0.4, -0.2) is 21.1 Å². The molecule has 9 heteroatoms. The van der Waals surface area contributed by atoms with Crippen LogP contribution >= 0.6 is 11.6 Å². The third kappa shape index (κ3) is 3.09. The van der Waals surface area contributed by atoms with E-state index in [0.29, 0.717) is 5.89 Å². The third-order valence-electron chi connectivity index (χ3n) is 2.27. The van der Waals surface area contributed by atoms with Crippen LogP contribution in [0.1, 0.15) is 22.1 Å². The van der Waals surface area contributed by atoms with Crippen molar-refractivity contribution in [2.45, 2.75) is 13.5 Å². The second-order valence-corrected chi connectivity index (χ2v) is 4.15. The topological polar surface area (TPSA) is 108 Å². The highest BCUT2D eigenvalue weighted by Gasteiger charge is 2.22. The Kier molecular flexibility index (Phi) is 3.94. The number of hydrogen-bond donors (Lipinski definition) is 0. The SMILES string of the molecule is Cc1nnc(COC(=O)c2cc(Cl)ccc2[N+](=O)[O-])o1. The first-order valence-electron chi connectivity index (χ1n) is 5.37. The molecule has 0 unspecified atom stereocenters. The molecule has 2 rings (SSSR count). The highest BCUT2D eigenvalue weighted by molar-refractivity contribution is 6.31. The number of carbonyl (C=O) groups excluding carboxylic acids is 1. The largest absolute Gasteiger partial charge is 0.452 e. The van der Waals surface area contributed by atoms with E-state index in [4.69, 9.17) is 20.8 Å². The van der Waals surface area contributed by atoms with Gasteiger partial charge in [0.05, 0.1) is 4.92 Å². The van der Waals surface area contributed by atoms with E-state index in [1.54, 1.807) is 6.92 Å². The Balaban J connectivity index is 2.16. The monoisotopic (exact) mass is 297 g/mol. The number of hydrogen-bond acceptors (Lipinski definition) is 7. The van der Waals surface area contributed by atoms with E-state index in [-0.39, 0.29) is 28.8 Å². The molecular weight excluding hydrogens is 290 g/mol. The smallest absolute Gasteiger partial charge is 0.345 e. The number of nitro groups is 1. The van der Waals surface area contributed by atoms with E-state index in [2.05, 4.69) is 10.2 Å². The molecule has 0 fully saturated rings. The molecule has 0 saturated carbocycles. The molecule has 0 N–H and O–H groups in total. The minimum Gasteiger partial charge on any atom is -0.452 e. The summed E-state index contributed by atoms with van der Waals surface area (Å²) in [6.07, 6.45) is 0. The summed E-state index contributed by atoms with van der Waals surface area (Å²) >= 11 is 5.71. The van der Waals surface area contributed by atoms with E-state index < -0.39 is 10.9 Å². The van der Waals surface area contributed by atoms with Crippen LogP contribution in [0.2, 0.25) is 5.02 Å².